The van der Waals surface area contributed by atoms with Crippen molar-refractivity contribution in [3.63, 3.8) is 0 Å². The van der Waals surface area contributed by atoms with Gasteiger partial charge in [-0.25, -0.2) is 0 Å². The van der Waals surface area contributed by atoms with Gasteiger partial charge < -0.3 is 10.1 Å². The van der Waals surface area contributed by atoms with E-state index in [2.05, 4.69) is 18.3 Å². The summed E-state index contributed by atoms with van der Waals surface area (Å²) in [6.45, 7) is 3.81. The molecule has 0 aromatic heterocycles. The Morgan fingerprint density at radius 3 is 3.11 bits per heavy atom. The summed E-state index contributed by atoms with van der Waals surface area (Å²) in [5.41, 5.74) is 0.669. The summed E-state index contributed by atoms with van der Waals surface area (Å²) in [7, 11) is 0. The Morgan fingerprint density at radius 1 is 1.56 bits per heavy atom. The van der Waals surface area contributed by atoms with Gasteiger partial charge in [-0.1, -0.05) is 13.0 Å². The number of thioether (sulfide) groups is 1. The van der Waals surface area contributed by atoms with E-state index in [-0.39, 0.29) is 0 Å². The Morgan fingerprint density at radius 2 is 2.44 bits per heavy atom. The van der Waals surface area contributed by atoms with Crippen molar-refractivity contribution in [2.45, 2.75) is 30.7 Å². The molecule has 0 spiro atoms. The summed E-state index contributed by atoms with van der Waals surface area (Å²) in [6, 6.07) is 8.50. The van der Waals surface area contributed by atoms with Crippen LogP contribution in [0.4, 0.5) is 0 Å². The van der Waals surface area contributed by atoms with Gasteiger partial charge in [0.1, 0.15) is 24.0 Å². The lowest BCUT2D eigenvalue weighted by Gasteiger charge is -2.14. The van der Waals surface area contributed by atoms with E-state index in [4.69, 9.17) is 4.74 Å². The third-order valence-corrected chi connectivity index (χ3v) is 3.94. The van der Waals surface area contributed by atoms with Gasteiger partial charge in [-0.3, -0.25) is 0 Å². The number of nitrogens with zero attached hydrogens (tertiary/aromatic N) is 1. The molecule has 1 unspecified atom stereocenters. The SMILES string of the molecule is CCSc1cccc(OCC2CCCN2)c1C#N. The molecule has 0 amide bonds. The molecule has 1 N–H and O–H groups in total. The van der Waals surface area contributed by atoms with Crippen LogP contribution in [-0.4, -0.2) is 24.9 Å². The molecule has 1 aliphatic heterocycles. The van der Waals surface area contributed by atoms with Crippen molar-refractivity contribution in [1.29, 1.82) is 5.26 Å². The molecule has 1 fully saturated rings. The van der Waals surface area contributed by atoms with Crippen molar-refractivity contribution in [2.75, 3.05) is 18.9 Å². The molecule has 1 aromatic rings. The zero-order valence-corrected chi connectivity index (χ0v) is 11.4. The summed E-state index contributed by atoms with van der Waals surface area (Å²) in [5, 5.41) is 12.6. The highest BCUT2D eigenvalue weighted by molar-refractivity contribution is 7.99. The molecule has 1 heterocycles. The van der Waals surface area contributed by atoms with E-state index in [1.165, 1.54) is 6.42 Å². The van der Waals surface area contributed by atoms with Gasteiger partial charge >= 0.3 is 0 Å². The quantitative estimate of drug-likeness (QED) is 0.829. The van der Waals surface area contributed by atoms with Crippen LogP contribution >= 0.6 is 11.8 Å². The molecule has 1 atom stereocenters. The Hall–Kier alpha value is -1.18. The lowest BCUT2D eigenvalue weighted by Crippen LogP contribution is -2.28. The second-order valence-corrected chi connectivity index (χ2v) is 5.58. The number of hydrogen-bond donors (Lipinski definition) is 1. The van der Waals surface area contributed by atoms with Gasteiger partial charge in [0.15, 0.2) is 0 Å². The summed E-state index contributed by atoms with van der Waals surface area (Å²) in [6.07, 6.45) is 2.37. The molecule has 0 radical (unpaired) electrons. The fourth-order valence-corrected chi connectivity index (χ4v) is 2.88. The Labute approximate surface area is 113 Å². The third kappa shape index (κ3) is 3.18. The molecule has 0 bridgehead atoms. The maximum Gasteiger partial charge on any atom is 0.138 e. The maximum atomic E-state index is 9.26. The predicted molar refractivity (Wildman–Crippen MR) is 74.1 cm³/mol. The lowest BCUT2D eigenvalue weighted by molar-refractivity contribution is 0.276. The van der Waals surface area contributed by atoms with Crippen molar-refractivity contribution in [2.24, 2.45) is 0 Å². The summed E-state index contributed by atoms with van der Waals surface area (Å²) < 4.78 is 5.80. The van der Waals surface area contributed by atoms with Crippen LogP contribution in [0.2, 0.25) is 0 Å². The minimum Gasteiger partial charge on any atom is -0.491 e. The Kier molecular flexibility index (Phi) is 4.91. The van der Waals surface area contributed by atoms with E-state index in [0.29, 0.717) is 24.0 Å². The summed E-state index contributed by atoms with van der Waals surface area (Å²) in [4.78, 5) is 1.01. The van der Waals surface area contributed by atoms with Crippen molar-refractivity contribution >= 4 is 11.8 Å². The highest BCUT2D eigenvalue weighted by atomic mass is 32.2. The second-order valence-electron chi connectivity index (χ2n) is 4.28. The first-order valence-corrected chi connectivity index (χ1v) is 7.35. The molecule has 3 nitrogen and oxygen atoms in total. The van der Waals surface area contributed by atoms with Crippen molar-refractivity contribution in [3.8, 4) is 11.8 Å². The number of ether oxygens (including phenoxy) is 1. The monoisotopic (exact) mass is 262 g/mol. The molecule has 96 valence electrons. The maximum absolute atomic E-state index is 9.26. The average Bonchev–Trinajstić information content (AvgIpc) is 2.90. The first kappa shape index (κ1) is 13.3. The number of rotatable bonds is 5. The molecule has 4 heteroatoms. The minimum atomic E-state index is 0.430. The molecule has 1 aliphatic rings. The molecule has 2 rings (SSSR count). The second kappa shape index (κ2) is 6.67. The van der Waals surface area contributed by atoms with Crippen molar-refractivity contribution in [3.05, 3.63) is 23.8 Å². The Bertz CT molecular complexity index is 436. The average molecular weight is 262 g/mol. The largest absolute Gasteiger partial charge is 0.491 e. The van der Waals surface area contributed by atoms with Crippen LogP contribution < -0.4 is 10.1 Å². The molecule has 0 aliphatic carbocycles. The van der Waals surface area contributed by atoms with Crippen LogP contribution in [0.25, 0.3) is 0 Å². The van der Waals surface area contributed by atoms with Crippen LogP contribution in [0.15, 0.2) is 23.1 Å². The van der Waals surface area contributed by atoms with Crippen molar-refractivity contribution in [1.82, 2.24) is 5.32 Å². The van der Waals surface area contributed by atoms with Gasteiger partial charge in [0.25, 0.3) is 0 Å². The fraction of sp³-hybridized carbons (Fsp3) is 0.500. The van der Waals surface area contributed by atoms with E-state index in [9.17, 15) is 5.26 Å². The van der Waals surface area contributed by atoms with Gasteiger partial charge in [-0.05, 0) is 37.3 Å². The van der Waals surface area contributed by atoms with Gasteiger partial charge in [0.05, 0.1) is 0 Å². The van der Waals surface area contributed by atoms with Crippen LogP contribution in [0.1, 0.15) is 25.3 Å². The van der Waals surface area contributed by atoms with Crippen LogP contribution in [0.3, 0.4) is 0 Å². The van der Waals surface area contributed by atoms with E-state index in [1.54, 1.807) is 11.8 Å². The number of hydrogen-bond acceptors (Lipinski definition) is 4. The van der Waals surface area contributed by atoms with Gasteiger partial charge in [-0.2, -0.15) is 5.26 Å². The fourth-order valence-electron chi connectivity index (χ4n) is 2.11. The molecule has 0 saturated carbocycles. The van der Waals surface area contributed by atoms with E-state index in [0.717, 1.165) is 23.6 Å². The number of nitrogens with one attached hydrogen (secondary N) is 1. The zero-order chi connectivity index (χ0) is 12.8. The standard InChI is InChI=1S/C14H18N2OS/c1-2-18-14-7-3-6-13(12(14)9-15)17-10-11-5-4-8-16-11/h3,6-7,11,16H,2,4-5,8,10H2,1H3. The van der Waals surface area contributed by atoms with Gasteiger partial charge in [0, 0.05) is 10.9 Å². The first-order valence-electron chi connectivity index (χ1n) is 6.37. The smallest absolute Gasteiger partial charge is 0.138 e. The summed E-state index contributed by atoms with van der Waals surface area (Å²) >= 11 is 1.68. The topological polar surface area (TPSA) is 45.0 Å². The third-order valence-electron chi connectivity index (χ3n) is 3.00. The highest BCUT2D eigenvalue weighted by Crippen LogP contribution is 2.29. The summed E-state index contributed by atoms with van der Waals surface area (Å²) in [5.74, 6) is 1.67. The normalized spacial score (nSPS) is 18.6. The van der Waals surface area contributed by atoms with E-state index in [1.807, 2.05) is 18.2 Å². The minimum absolute atomic E-state index is 0.430. The van der Waals surface area contributed by atoms with Crippen molar-refractivity contribution < 1.29 is 4.74 Å². The van der Waals surface area contributed by atoms with Crippen LogP contribution in [0, 0.1) is 11.3 Å². The van der Waals surface area contributed by atoms with Crippen LogP contribution in [-0.2, 0) is 0 Å². The Balaban J connectivity index is 2.06. The predicted octanol–water partition coefficient (Wildman–Crippen LogP) is 2.80. The molecular formula is C14H18N2OS. The molecule has 1 saturated heterocycles. The zero-order valence-electron chi connectivity index (χ0n) is 10.6. The number of nitriles is 1. The van der Waals surface area contributed by atoms with E-state index >= 15 is 0 Å². The first-order chi connectivity index (χ1) is 8.85. The molecule has 1 aromatic carbocycles. The van der Waals surface area contributed by atoms with Crippen LogP contribution in [0.5, 0.6) is 5.75 Å². The lowest BCUT2D eigenvalue weighted by atomic mass is 10.2. The molecule has 18 heavy (non-hydrogen) atoms. The van der Waals surface area contributed by atoms with Gasteiger partial charge in [-0.15, -0.1) is 11.8 Å². The molecular weight excluding hydrogens is 244 g/mol. The van der Waals surface area contributed by atoms with E-state index < -0.39 is 0 Å². The highest BCUT2D eigenvalue weighted by Gasteiger charge is 2.16. The number of benzene rings is 1. The van der Waals surface area contributed by atoms with Gasteiger partial charge in [0.2, 0.25) is 0 Å².